The summed E-state index contributed by atoms with van der Waals surface area (Å²) in [4.78, 5) is 12.2. The first-order valence-electron chi connectivity index (χ1n) is 10.2. The van der Waals surface area contributed by atoms with Crippen molar-refractivity contribution >= 4 is 5.78 Å². The van der Waals surface area contributed by atoms with Gasteiger partial charge >= 0.3 is 0 Å². The van der Waals surface area contributed by atoms with Crippen LogP contribution in [0.25, 0.3) is 0 Å². The molecule has 4 fully saturated rings. The first-order chi connectivity index (χ1) is 11.2. The molecule has 136 valence electrons. The lowest BCUT2D eigenvalue weighted by molar-refractivity contribution is -0.312. The lowest BCUT2D eigenvalue weighted by Crippen LogP contribution is -2.63. The van der Waals surface area contributed by atoms with Crippen LogP contribution in [0, 0.1) is 40.4 Å². The van der Waals surface area contributed by atoms with E-state index in [-0.39, 0.29) is 16.7 Å². The molecule has 24 heavy (non-hydrogen) atoms. The zero-order chi connectivity index (χ0) is 17.3. The number of ketones is 1. The molecule has 4 rings (SSSR count). The summed E-state index contributed by atoms with van der Waals surface area (Å²) < 4.78 is 0. The summed E-state index contributed by atoms with van der Waals surface area (Å²) in [5, 5.41) is 21.8. The molecular weight excluding hydrogens is 300 g/mol. The third-order valence-corrected chi connectivity index (χ3v) is 9.34. The van der Waals surface area contributed by atoms with Crippen LogP contribution in [0.3, 0.4) is 0 Å². The second kappa shape index (κ2) is 5.30. The minimum absolute atomic E-state index is 0.151. The Labute approximate surface area is 146 Å². The Bertz CT molecular complexity index is 541. The Morgan fingerprint density at radius 3 is 2.38 bits per heavy atom. The molecule has 0 spiro atoms. The highest BCUT2D eigenvalue weighted by Gasteiger charge is 2.65. The van der Waals surface area contributed by atoms with E-state index in [1.807, 2.05) is 0 Å². The van der Waals surface area contributed by atoms with Crippen molar-refractivity contribution in [3.8, 4) is 0 Å². The van der Waals surface area contributed by atoms with Gasteiger partial charge in [0.2, 0.25) is 0 Å². The third-order valence-electron chi connectivity index (χ3n) is 9.34. The van der Waals surface area contributed by atoms with Crippen LogP contribution in [0.2, 0.25) is 0 Å². The molecule has 0 unspecified atom stereocenters. The fourth-order valence-electron chi connectivity index (χ4n) is 8.03. The Morgan fingerprint density at radius 2 is 1.67 bits per heavy atom. The number of hydrogen-bond acceptors (Lipinski definition) is 3. The molecule has 0 saturated heterocycles. The molecule has 4 aliphatic carbocycles. The number of Topliss-reactive ketones (excluding diaryl/α,β-unsaturated/α-hetero) is 1. The van der Waals surface area contributed by atoms with Crippen molar-refractivity contribution < 1.29 is 15.0 Å². The summed E-state index contributed by atoms with van der Waals surface area (Å²) in [6.45, 7) is 6.30. The lowest BCUT2D eigenvalue weighted by atomic mass is 9.43. The maximum absolute atomic E-state index is 12.2. The molecule has 0 radical (unpaired) electrons. The summed E-state index contributed by atoms with van der Waals surface area (Å²) >= 11 is 0. The van der Waals surface area contributed by atoms with E-state index in [0.29, 0.717) is 35.9 Å². The molecule has 7 atom stereocenters. The van der Waals surface area contributed by atoms with Crippen molar-refractivity contribution in [1.82, 2.24) is 0 Å². The summed E-state index contributed by atoms with van der Waals surface area (Å²) in [5.41, 5.74) is -0.206. The van der Waals surface area contributed by atoms with Crippen molar-refractivity contribution in [1.29, 1.82) is 0 Å². The van der Waals surface area contributed by atoms with E-state index < -0.39 is 5.79 Å². The van der Waals surface area contributed by atoms with Gasteiger partial charge in [0.25, 0.3) is 0 Å². The summed E-state index contributed by atoms with van der Waals surface area (Å²) in [6.07, 6.45) is 9.35. The fraction of sp³-hybridized carbons (Fsp3) is 0.952. The van der Waals surface area contributed by atoms with Crippen LogP contribution in [0.4, 0.5) is 0 Å². The predicted octanol–water partition coefficient (Wildman–Crippen LogP) is 3.92. The molecular formula is C21H34O3. The molecule has 0 aromatic rings. The van der Waals surface area contributed by atoms with Crippen LogP contribution in [0.5, 0.6) is 0 Å². The van der Waals surface area contributed by atoms with E-state index in [9.17, 15) is 15.0 Å². The number of fused-ring (bicyclic) bond motifs is 5. The number of carbonyl (C=O) groups is 1. The zero-order valence-electron chi connectivity index (χ0n) is 15.6. The minimum atomic E-state index is -1.51. The van der Waals surface area contributed by atoms with Gasteiger partial charge in [0.1, 0.15) is 5.78 Å². The molecule has 0 amide bonds. The van der Waals surface area contributed by atoms with Gasteiger partial charge in [-0.3, -0.25) is 4.79 Å². The summed E-state index contributed by atoms with van der Waals surface area (Å²) in [7, 11) is 0. The van der Waals surface area contributed by atoms with Gasteiger partial charge in [0, 0.05) is 17.8 Å². The van der Waals surface area contributed by atoms with E-state index in [0.717, 1.165) is 44.9 Å². The quantitative estimate of drug-likeness (QED) is 0.715. The maximum Gasteiger partial charge on any atom is 0.168 e. The van der Waals surface area contributed by atoms with Gasteiger partial charge in [-0.1, -0.05) is 13.8 Å². The van der Waals surface area contributed by atoms with Crippen LogP contribution in [0.15, 0.2) is 0 Å². The molecule has 0 aliphatic heterocycles. The minimum Gasteiger partial charge on any atom is -0.365 e. The highest BCUT2D eigenvalue weighted by atomic mass is 16.5. The van der Waals surface area contributed by atoms with Crippen LogP contribution in [0.1, 0.15) is 78.6 Å². The van der Waals surface area contributed by atoms with E-state index >= 15 is 0 Å². The van der Waals surface area contributed by atoms with Gasteiger partial charge in [-0.15, -0.1) is 0 Å². The van der Waals surface area contributed by atoms with Crippen molar-refractivity contribution in [2.75, 3.05) is 0 Å². The largest absolute Gasteiger partial charge is 0.365 e. The molecule has 0 aromatic carbocycles. The Hall–Kier alpha value is -0.410. The summed E-state index contributed by atoms with van der Waals surface area (Å²) in [5.74, 6) is 1.13. The average molecular weight is 335 g/mol. The first kappa shape index (κ1) is 17.0. The smallest absolute Gasteiger partial charge is 0.168 e. The molecule has 4 saturated carbocycles. The molecule has 3 nitrogen and oxygen atoms in total. The van der Waals surface area contributed by atoms with Gasteiger partial charge in [-0.05, 0) is 87.4 Å². The molecule has 0 heterocycles. The number of aliphatic hydroxyl groups is 2. The second-order valence-corrected chi connectivity index (χ2v) is 9.93. The Kier molecular flexibility index (Phi) is 3.76. The van der Waals surface area contributed by atoms with E-state index in [1.165, 1.54) is 6.42 Å². The van der Waals surface area contributed by atoms with Gasteiger partial charge in [0.15, 0.2) is 5.79 Å². The maximum atomic E-state index is 12.2. The normalized spacial score (nSPS) is 53.0. The van der Waals surface area contributed by atoms with Crippen molar-refractivity contribution in [2.45, 2.75) is 84.3 Å². The van der Waals surface area contributed by atoms with Crippen LogP contribution in [-0.2, 0) is 4.79 Å². The SMILES string of the molecule is CC(=O)[C@H]1CC[C@H]2[C@@H]3CC[C@H]4CCCC(O)(O)[C@]4(C)[C@H]3CC[C@]12C. The van der Waals surface area contributed by atoms with E-state index in [2.05, 4.69) is 13.8 Å². The highest BCUT2D eigenvalue weighted by Crippen LogP contribution is 2.68. The van der Waals surface area contributed by atoms with E-state index in [1.54, 1.807) is 6.92 Å². The van der Waals surface area contributed by atoms with Gasteiger partial charge in [-0.2, -0.15) is 0 Å². The fourth-order valence-corrected chi connectivity index (χ4v) is 8.03. The lowest BCUT2D eigenvalue weighted by Gasteiger charge is -2.63. The standard InChI is InChI=1S/C21H34O3/c1-13(22)16-8-9-17-15-7-6-14-5-4-11-21(23,24)20(14,3)18(15)10-12-19(16,17)2/h14-18,23-24H,4-12H2,1-3H3/t14-,15+,16-,17+,18+,19-,20+/m1/s1. The van der Waals surface area contributed by atoms with Crippen LogP contribution < -0.4 is 0 Å². The third kappa shape index (κ3) is 2.00. The van der Waals surface area contributed by atoms with Gasteiger partial charge in [0.05, 0.1) is 0 Å². The molecule has 0 aromatic heterocycles. The average Bonchev–Trinajstić information content (AvgIpc) is 2.86. The zero-order valence-corrected chi connectivity index (χ0v) is 15.6. The Morgan fingerprint density at radius 1 is 0.917 bits per heavy atom. The van der Waals surface area contributed by atoms with Gasteiger partial charge in [-0.25, -0.2) is 0 Å². The number of carbonyl (C=O) groups excluding carboxylic acids is 1. The highest BCUT2D eigenvalue weighted by molar-refractivity contribution is 5.79. The second-order valence-electron chi connectivity index (χ2n) is 9.93. The topological polar surface area (TPSA) is 57.5 Å². The molecule has 2 N–H and O–H groups in total. The molecule has 3 heteroatoms. The molecule has 4 aliphatic rings. The number of rotatable bonds is 1. The van der Waals surface area contributed by atoms with Crippen molar-refractivity contribution in [3.63, 3.8) is 0 Å². The first-order valence-corrected chi connectivity index (χ1v) is 10.2. The van der Waals surface area contributed by atoms with Crippen LogP contribution in [-0.4, -0.2) is 21.8 Å². The molecule has 0 bridgehead atoms. The Balaban J connectivity index is 1.69. The van der Waals surface area contributed by atoms with Crippen molar-refractivity contribution in [2.24, 2.45) is 40.4 Å². The summed E-state index contributed by atoms with van der Waals surface area (Å²) in [6, 6.07) is 0. The predicted molar refractivity (Wildman–Crippen MR) is 93.1 cm³/mol. The van der Waals surface area contributed by atoms with Crippen LogP contribution >= 0.6 is 0 Å². The monoisotopic (exact) mass is 334 g/mol. The van der Waals surface area contributed by atoms with Gasteiger partial charge < -0.3 is 10.2 Å². The van der Waals surface area contributed by atoms with Crippen molar-refractivity contribution in [3.05, 3.63) is 0 Å². The number of hydrogen-bond donors (Lipinski definition) is 2. The van der Waals surface area contributed by atoms with E-state index in [4.69, 9.17) is 0 Å².